The number of benzene rings is 2. The van der Waals surface area contributed by atoms with Crippen LogP contribution in [0.25, 0.3) is 0 Å². The average Bonchev–Trinajstić information content (AvgIpc) is 3.31. The fraction of sp³-hybridized carbons (Fsp3) is 0.136. The van der Waals surface area contributed by atoms with Crippen LogP contribution in [0.5, 0.6) is 0 Å². The quantitative estimate of drug-likeness (QED) is 0.359. The van der Waals surface area contributed by atoms with E-state index in [1.54, 1.807) is 10.9 Å². The number of aryl methyl sites for hydroxylation is 1. The van der Waals surface area contributed by atoms with Crippen LogP contribution in [0.4, 0.5) is 11.6 Å². The predicted octanol–water partition coefficient (Wildman–Crippen LogP) is 5.60. The van der Waals surface area contributed by atoms with Crippen LogP contribution in [-0.4, -0.2) is 24.7 Å². The lowest BCUT2D eigenvalue weighted by Crippen LogP contribution is -2.20. The molecule has 9 heteroatoms. The molecule has 0 unspecified atom stereocenters. The Morgan fingerprint density at radius 1 is 0.871 bits per heavy atom. The molecule has 2 aromatic carbocycles. The Morgan fingerprint density at radius 2 is 1.58 bits per heavy atom. The summed E-state index contributed by atoms with van der Waals surface area (Å²) in [7, 11) is 0. The molecule has 0 atom stereocenters. The lowest BCUT2D eigenvalue weighted by molar-refractivity contribution is 0.687. The maximum absolute atomic E-state index is 6.32. The Hall–Kier alpha value is -2.87. The van der Waals surface area contributed by atoms with Crippen LogP contribution in [-0.2, 0) is 13.1 Å². The Balaban J connectivity index is 1.37. The van der Waals surface area contributed by atoms with Gasteiger partial charge in [0.1, 0.15) is 5.02 Å². The largest absolute Gasteiger partial charge is 0.316 e. The molecule has 2 heterocycles. The van der Waals surface area contributed by atoms with Crippen molar-refractivity contribution in [1.82, 2.24) is 19.6 Å². The van der Waals surface area contributed by atoms with Gasteiger partial charge in [0.15, 0.2) is 16.7 Å². The normalized spacial score (nSPS) is 10.8. The van der Waals surface area contributed by atoms with Gasteiger partial charge in [-0.05, 0) is 41.9 Å². The molecule has 0 amide bonds. The summed E-state index contributed by atoms with van der Waals surface area (Å²) in [5, 5.41) is 16.6. The Labute approximate surface area is 195 Å². The number of halogens is 2. The fourth-order valence-corrected chi connectivity index (χ4v) is 3.69. The smallest absolute Gasteiger partial charge is 0.177 e. The van der Waals surface area contributed by atoms with Crippen molar-refractivity contribution in [3.63, 3.8) is 0 Å². The molecule has 4 rings (SSSR count). The van der Waals surface area contributed by atoms with Crippen LogP contribution in [0.3, 0.4) is 0 Å². The van der Waals surface area contributed by atoms with E-state index in [0.29, 0.717) is 39.9 Å². The predicted molar refractivity (Wildman–Crippen MR) is 130 cm³/mol. The van der Waals surface area contributed by atoms with Crippen molar-refractivity contribution in [2.75, 3.05) is 10.6 Å². The highest BCUT2D eigenvalue weighted by atomic mass is 35.5. The molecule has 0 aliphatic rings. The monoisotopic (exact) mass is 470 g/mol. The number of nitrogens with one attached hydrogen (secondary N) is 2. The van der Waals surface area contributed by atoms with Gasteiger partial charge in [0.25, 0.3) is 0 Å². The molecule has 0 saturated heterocycles. The van der Waals surface area contributed by atoms with E-state index in [-0.39, 0.29) is 0 Å². The lowest BCUT2D eigenvalue weighted by Gasteiger charge is -2.08. The molecular weight excluding hydrogens is 451 g/mol. The molecular formula is C22H20Cl2N6S. The summed E-state index contributed by atoms with van der Waals surface area (Å²) in [6.07, 6.45) is 3.63. The highest BCUT2D eigenvalue weighted by Crippen LogP contribution is 2.22. The minimum absolute atomic E-state index is 0.353. The third-order valence-electron chi connectivity index (χ3n) is 4.72. The number of rotatable bonds is 6. The van der Waals surface area contributed by atoms with Gasteiger partial charge in [-0.2, -0.15) is 10.2 Å². The summed E-state index contributed by atoms with van der Waals surface area (Å²) in [5.74, 6) is 1.10. The topological polar surface area (TPSA) is 59.7 Å². The second kappa shape index (κ2) is 9.51. The SMILES string of the molecule is Cc1ccccc1Cn1ccc(NC(=S)Nc2nn(Cc3ccccc3Cl)cc2Cl)n1. The summed E-state index contributed by atoms with van der Waals surface area (Å²) in [6.45, 7) is 3.28. The van der Waals surface area contributed by atoms with E-state index in [2.05, 4.69) is 39.9 Å². The van der Waals surface area contributed by atoms with Gasteiger partial charge in [0, 0.05) is 23.5 Å². The van der Waals surface area contributed by atoms with Gasteiger partial charge in [0.05, 0.1) is 13.1 Å². The number of aromatic nitrogens is 4. The molecule has 0 fully saturated rings. The van der Waals surface area contributed by atoms with Gasteiger partial charge in [0.2, 0.25) is 0 Å². The number of thiocarbonyl (C=S) groups is 1. The van der Waals surface area contributed by atoms with Gasteiger partial charge in [-0.25, -0.2) is 0 Å². The molecule has 0 radical (unpaired) electrons. The Kier molecular flexibility index (Phi) is 6.56. The van der Waals surface area contributed by atoms with Crippen LogP contribution < -0.4 is 10.6 Å². The first kappa shape index (κ1) is 21.4. The maximum Gasteiger partial charge on any atom is 0.177 e. The van der Waals surface area contributed by atoms with E-state index in [4.69, 9.17) is 35.4 Å². The number of hydrogen-bond donors (Lipinski definition) is 2. The molecule has 0 saturated carbocycles. The van der Waals surface area contributed by atoms with E-state index < -0.39 is 0 Å². The minimum atomic E-state index is 0.353. The standard InChI is InChI=1S/C22H20Cl2N6S/c1-15-6-2-3-7-16(15)12-29-11-10-20(27-29)25-22(31)26-21-19(24)14-30(28-21)13-17-8-4-5-9-18(17)23/h2-11,14H,12-13H2,1H3,(H2,25,26,27,28,31). The fourth-order valence-electron chi connectivity index (χ4n) is 3.10. The molecule has 158 valence electrons. The first-order chi connectivity index (χ1) is 15.0. The molecule has 0 bridgehead atoms. The molecule has 2 N–H and O–H groups in total. The van der Waals surface area contributed by atoms with E-state index in [1.807, 2.05) is 53.3 Å². The molecule has 0 aliphatic carbocycles. The van der Waals surface area contributed by atoms with Gasteiger partial charge < -0.3 is 10.6 Å². The Bertz CT molecular complexity index is 1220. The Morgan fingerprint density at radius 3 is 2.35 bits per heavy atom. The second-order valence-corrected chi connectivity index (χ2v) is 8.24. The first-order valence-corrected chi connectivity index (χ1v) is 10.8. The number of anilines is 2. The average molecular weight is 471 g/mol. The van der Waals surface area contributed by atoms with Crippen molar-refractivity contribution in [2.45, 2.75) is 20.0 Å². The van der Waals surface area contributed by atoms with E-state index >= 15 is 0 Å². The zero-order valence-corrected chi connectivity index (χ0v) is 19.0. The van der Waals surface area contributed by atoms with Crippen LogP contribution in [0, 0.1) is 6.92 Å². The van der Waals surface area contributed by atoms with E-state index in [9.17, 15) is 0 Å². The van der Waals surface area contributed by atoms with E-state index in [1.165, 1.54) is 11.1 Å². The van der Waals surface area contributed by atoms with Crippen LogP contribution >= 0.6 is 35.4 Å². The minimum Gasteiger partial charge on any atom is -0.316 e. The lowest BCUT2D eigenvalue weighted by atomic mass is 10.1. The molecule has 4 aromatic rings. The number of nitrogens with zero attached hydrogens (tertiary/aromatic N) is 4. The van der Waals surface area contributed by atoms with E-state index in [0.717, 1.165) is 5.56 Å². The van der Waals surface area contributed by atoms with Crippen molar-refractivity contribution in [1.29, 1.82) is 0 Å². The summed E-state index contributed by atoms with van der Waals surface area (Å²) < 4.78 is 3.57. The van der Waals surface area contributed by atoms with Crippen molar-refractivity contribution in [3.8, 4) is 0 Å². The summed E-state index contributed by atoms with van der Waals surface area (Å²) in [5.41, 5.74) is 3.40. The van der Waals surface area contributed by atoms with Gasteiger partial charge >= 0.3 is 0 Å². The third-order valence-corrected chi connectivity index (χ3v) is 5.56. The van der Waals surface area contributed by atoms with Crippen LogP contribution in [0.2, 0.25) is 10.0 Å². The van der Waals surface area contributed by atoms with Crippen molar-refractivity contribution in [2.24, 2.45) is 0 Å². The van der Waals surface area contributed by atoms with Gasteiger partial charge in [-0.1, -0.05) is 65.7 Å². The molecule has 0 spiro atoms. The van der Waals surface area contributed by atoms with Crippen molar-refractivity contribution < 1.29 is 0 Å². The van der Waals surface area contributed by atoms with Gasteiger partial charge in [-0.3, -0.25) is 9.36 Å². The van der Waals surface area contributed by atoms with Crippen LogP contribution in [0.1, 0.15) is 16.7 Å². The zero-order chi connectivity index (χ0) is 21.8. The van der Waals surface area contributed by atoms with Gasteiger partial charge in [-0.15, -0.1) is 0 Å². The summed E-state index contributed by atoms with van der Waals surface area (Å²) in [4.78, 5) is 0. The summed E-state index contributed by atoms with van der Waals surface area (Å²) >= 11 is 17.9. The molecule has 2 aromatic heterocycles. The third kappa shape index (κ3) is 5.44. The molecule has 6 nitrogen and oxygen atoms in total. The number of hydrogen-bond acceptors (Lipinski definition) is 3. The molecule has 0 aliphatic heterocycles. The second-order valence-electron chi connectivity index (χ2n) is 7.02. The van der Waals surface area contributed by atoms with Crippen molar-refractivity contribution in [3.05, 3.63) is 93.7 Å². The maximum atomic E-state index is 6.32. The highest BCUT2D eigenvalue weighted by Gasteiger charge is 2.11. The summed E-state index contributed by atoms with van der Waals surface area (Å²) in [6, 6.07) is 17.7. The zero-order valence-electron chi connectivity index (χ0n) is 16.7. The molecule has 31 heavy (non-hydrogen) atoms. The van der Waals surface area contributed by atoms with Crippen LogP contribution in [0.15, 0.2) is 67.0 Å². The first-order valence-electron chi connectivity index (χ1n) is 9.60. The highest BCUT2D eigenvalue weighted by molar-refractivity contribution is 7.80. The van der Waals surface area contributed by atoms with Crippen molar-refractivity contribution >= 4 is 52.2 Å².